The van der Waals surface area contributed by atoms with E-state index >= 15 is 0 Å². The number of likely N-dealkylation sites (tertiary alicyclic amines) is 1. The van der Waals surface area contributed by atoms with Crippen LogP contribution in [0, 0.1) is 24.2 Å². The first-order chi connectivity index (χ1) is 19.3. The van der Waals surface area contributed by atoms with Gasteiger partial charge >= 0.3 is 5.97 Å². The number of aliphatic imine (C=N–C) groups is 2. The first-order valence-corrected chi connectivity index (χ1v) is 13.7. The number of carbonyl (C=O) groups excluding carboxylic acids is 1. The van der Waals surface area contributed by atoms with Gasteiger partial charge in [-0.1, -0.05) is 66.1 Å². The van der Waals surface area contributed by atoms with Crippen molar-refractivity contribution in [1.82, 2.24) is 9.91 Å². The minimum Gasteiger partial charge on any atom is -0.469 e. The van der Waals surface area contributed by atoms with Crippen LogP contribution in [0.2, 0.25) is 0 Å². The Morgan fingerprint density at radius 1 is 1.27 bits per heavy atom. The molecule has 2 aliphatic rings. The van der Waals surface area contributed by atoms with Crippen LogP contribution in [-0.4, -0.2) is 48.5 Å². The first kappa shape index (κ1) is 30.6. The molecule has 7 nitrogen and oxygen atoms in total. The van der Waals surface area contributed by atoms with E-state index in [4.69, 9.17) is 22.0 Å². The Morgan fingerprint density at radius 3 is 2.65 bits per heavy atom. The smallest absolute Gasteiger partial charge is 0.308 e. The van der Waals surface area contributed by atoms with Crippen LogP contribution in [0.4, 0.5) is 0 Å². The van der Waals surface area contributed by atoms with Crippen LogP contribution in [0.25, 0.3) is 0 Å². The summed E-state index contributed by atoms with van der Waals surface area (Å²) in [7, 11) is 1.46. The maximum atomic E-state index is 11.8. The van der Waals surface area contributed by atoms with Crippen LogP contribution in [0.1, 0.15) is 51.2 Å². The van der Waals surface area contributed by atoms with Gasteiger partial charge in [-0.25, -0.2) is 20.8 Å². The van der Waals surface area contributed by atoms with Crippen molar-refractivity contribution >= 4 is 18.4 Å². The van der Waals surface area contributed by atoms with Crippen LogP contribution in [0.5, 0.6) is 0 Å². The number of piperidine rings is 1. The normalized spacial score (nSPS) is 19.4. The van der Waals surface area contributed by atoms with Crippen molar-refractivity contribution in [2.45, 2.75) is 46.6 Å². The molecule has 1 fully saturated rings. The largest absolute Gasteiger partial charge is 0.469 e. The number of methoxy groups -OCH3 is 1. The predicted octanol–water partition coefficient (Wildman–Crippen LogP) is 5.54. The first-order valence-electron chi connectivity index (χ1n) is 13.7. The minimum absolute atomic E-state index is 0.0180. The van der Waals surface area contributed by atoms with E-state index in [1.807, 2.05) is 44.4 Å². The van der Waals surface area contributed by atoms with Gasteiger partial charge in [0, 0.05) is 30.5 Å². The number of hydrazine groups is 1. The lowest BCUT2D eigenvalue weighted by molar-refractivity contribution is -0.147. The highest BCUT2D eigenvalue weighted by atomic mass is 16.5. The van der Waals surface area contributed by atoms with Gasteiger partial charge in [-0.05, 0) is 70.3 Å². The zero-order valence-electron chi connectivity index (χ0n) is 24.1. The summed E-state index contributed by atoms with van der Waals surface area (Å²) in [6, 6.07) is 8.35. The summed E-state index contributed by atoms with van der Waals surface area (Å²) in [4.78, 5) is 23.5. The van der Waals surface area contributed by atoms with E-state index in [-0.39, 0.29) is 17.8 Å². The summed E-state index contributed by atoms with van der Waals surface area (Å²) in [6.07, 6.45) is 23.7. The van der Waals surface area contributed by atoms with E-state index < -0.39 is 0 Å². The van der Waals surface area contributed by atoms with Crippen molar-refractivity contribution in [3.63, 3.8) is 0 Å². The van der Waals surface area contributed by atoms with Crippen LogP contribution < -0.4 is 5.84 Å². The molecule has 210 valence electrons. The quantitative estimate of drug-likeness (QED) is 0.139. The zero-order chi connectivity index (χ0) is 28.9. The topological polar surface area (TPSA) is 83.5 Å². The summed E-state index contributed by atoms with van der Waals surface area (Å²) in [6.45, 7) is 8.61. The van der Waals surface area contributed by atoms with Crippen LogP contribution in [-0.2, 0) is 16.1 Å². The highest BCUT2D eigenvalue weighted by molar-refractivity contribution is 5.87. The van der Waals surface area contributed by atoms with Crippen LogP contribution in [0.3, 0.4) is 0 Å². The molecule has 2 aliphatic heterocycles. The van der Waals surface area contributed by atoms with E-state index in [1.54, 1.807) is 6.21 Å². The molecule has 1 aromatic carbocycles. The molecule has 0 amide bonds. The zero-order valence-corrected chi connectivity index (χ0v) is 24.1. The maximum absolute atomic E-state index is 11.8. The molecule has 0 spiro atoms. The van der Waals surface area contributed by atoms with Crippen molar-refractivity contribution < 1.29 is 9.53 Å². The van der Waals surface area contributed by atoms with Crippen molar-refractivity contribution in [1.29, 1.82) is 0 Å². The molecule has 7 heteroatoms. The Bertz CT molecular complexity index is 1270. The molecule has 0 aliphatic carbocycles. The number of allylic oxidation sites excluding steroid dienone is 8. The number of nitrogens with zero attached hydrogens (tertiary/aromatic N) is 4. The molecule has 40 heavy (non-hydrogen) atoms. The van der Waals surface area contributed by atoms with Gasteiger partial charge < -0.3 is 4.74 Å². The number of ether oxygens (including phenoxy) is 1. The average Bonchev–Trinajstić information content (AvgIpc) is 2.97. The summed E-state index contributed by atoms with van der Waals surface area (Å²) in [5.74, 6) is 10.1. The lowest BCUT2D eigenvalue weighted by atomic mass is 9.96. The fraction of sp³-hybridized carbons (Fsp3) is 0.364. The number of hydrogen-bond acceptors (Lipinski definition) is 7. The lowest BCUT2D eigenvalue weighted by Crippen LogP contribution is -2.36. The maximum Gasteiger partial charge on any atom is 0.308 e. The van der Waals surface area contributed by atoms with Crippen molar-refractivity contribution in [2.75, 3.05) is 20.2 Å². The molecule has 1 saturated heterocycles. The van der Waals surface area contributed by atoms with E-state index in [9.17, 15) is 4.79 Å². The van der Waals surface area contributed by atoms with Gasteiger partial charge in [0.05, 0.1) is 13.0 Å². The molecule has 2 N–H and O–H groups in total. The van der Waals surface area contributed by atoms with Crippen LogP contribution >= 0.6 is 0 Å². The SMILES string of the molecule is C#CC(C)/C=C1/N=CC(/C=C(\C)C/C=C\C=C/C)=C(/N=C/c2ccc(CN3CCC(C(=O)OC)CC3)cc2)N1N. The van der Waals surface area contributed by atoms with Gasteiger partial charge in [0.1, 0.15) is 5.82 Å². The number of esters is 1. The van der Waals surface area contributed by atoms with E-state index in [1.165, 1.54) is 17.7 Å². The van der Waals surface area contributed by atoms with Gasteiger partial charge in [0.15, 0.2) is 5.82 Å². The third kappa shape index (κ3) is 9.04. The van der Waals surface area contributed by atoms with Gasteiger partial charge in [0.25, 0.3) is 0 Å². The van der Waals surface area contributed by atoms with Crippen molar-refractivity contribution in [2.24, 2.45) is 27.7 Å². The molecule has 2 heterocycles. The number of carbonyl (C=O) groups is 1. The van der Waals surface area contributed by atoms with Crippen LogP contribution in [0.15, 0.2) is 93.5 Å². The van der Waals surface area contributed by atoms with Gasteiger partial charge in [0.2, 0.25) is 0 Å². The molecule has 1 unspecified atom stereocenters. The second-order valence-corrected chi connectivity index (χ2v) is 10.1. The number of hydrogen-bond donors (Lipinski definition) is 1. The Kier molecular flexibility index (Phi) is 11.9. The third-order valence-corrected chi connectivity index (χ3v) is 6.86. The van der Waals surface area contributed by atoms with E-state index in [2.05, 4.69) is 59.2 Å². The summed E-state index contributed by atoms with van der Waals surface area (Å²) < 4.78 is 4.90. The summed E-state index contributed by atoms with van der Waals surface area (Å²) in [5, 5.41) is 1.49. The number of rotatable bonds is 10. The van der Waals surface area contributed by atoms with Gasteiger partial charge in [-0.3, -0.25) is 9.69 Å². The molecule has 1 atom stereocenters. The van der Waals surface area contributed by atoms with E-state index in [0.29, 0.717) is 11.6 Å². The lowest BCUT2D eigenvalue weighted by Gasteiger charge is -2.30. The Labute approximate surface area is 239 Å². The predicted molar refractivity (Wildman–Crippen MR) is 164 cm³/mol. The molecule has 0 saturated carbocycles. The molecule has 3 rings (SSSR count). The second kappa shape index (κ2) is 15.6. The Balaban J connectivity index is 1.75. The standard InChI is InChI=1S/C33H41N5O2/c1-6-8-9-10-11-26(4)20-30-23-35-31(21-25(3)7-2)38(34)32(30)36-22-27-12-14-28(15-13-27)24-37-18-16-29(17-19-37)33(39)40-5/h2,6,8-10,12-15,20-23,25,29H,11,16-19,24,34H2,1,3-5H3/b8-6-,10-9-,26-20+,31-21-,36-22+. The van der Waals surface area contributed by atoms with Crippen molar-refractivity contribution in [3.8, 4) is 12.3 Å². The van der Waals surface area contributed by atoms with Gasteiger partial charge in [-0.2, -0.15) is 0 Å². The summed E-state index contributed by atoms with van der Waals surface area (Å²) in [5.41, 5.74) is 4.17. The number of nitrogens with two attached hydrogens (primary N) is 1. The molecule has 0 radical (unpaired) electrons. The number of terminal acetylenes is 1. The minimum atomic E-state index is -0.113. The fourth-order valence-electron chi connectivity index (χ4n) is 4.50. The number of benzene rings is 1. The van der Waals surface area contributed by atoms with Gasteiger partial charge in [-0.15, -0.1) is 6.42 Å². The fourth-order valence-corrected chi connectivity index (χ4v) is 4.50. The highest BCUT2D eigenvalue weighted by Gasteiger charge is 2.25. The molecule has 0 aromatic heterocycles. The Hall–Kier alpha value is -3.99. The van der Waals surface area contributed by atoms with Crippen molar-refractivity contribution in [3.05, 3.63) is 94.6 Å². The van der Waals surface area contributed by atoms with E-state index in [0.717, 1.165) is 55.6 Å². The molecule has 1 aromatic rings. The summed E-state index contributed by atoms with van der Waals surface area (Å²) >= 11 is 0. The molecule has 0 bridgehead atoms. The molecular weight excluding hydrogens is 498 g/mol. The third-order valence-electron chi connectivity index (χ3n) is 6.86. The Morgan fingerprint density at radius 2 is 2.00 bits per heavy atom. The monoisotopic (exact) mass is 539 g/mol. The average molecular weight is 540 g/mol. The molecular formula is C33H41N5O2. The second-order valence-electron chi connectivity index (χ2n) is 10.1. The highest BCUT2D eigenvalue weighted by Crippen LogP contribution is 2.24.